The van der Waals surface area contributed by atoms with Gasteiger partial charge in [0.1, 0.15) is 0 Å². The Morgan fingerprint density at radius 3 is 1.50 bits per heavy atom. The van der Waals surface area contributed by atoms with Crippen molar-refractivity contribution in [3.8, 4) is 0 Å². The molecule has 1 aliphatic rings. The Labute approximate surface area is 126 Å². The van der Waals surface area contributed by atoms with Gasteiger partial charge in [-0.1, -0.05) is 33.7 Å². The minimum Gasteiger partial charge on any atom is -0.400 e. The van der Waals surface area contributed by atoms with E-state index in [2.05, 4.69) is 12.3 Å². The molecule has 0 spiro atoms. The second-order valence-corrected chi connectivity index (χ2v) is 5.25. The van der Waals surface area contributed by atoms with Crippen molar-refractivity contribution in [2.75, 3.05) is 0 Å². The van der Waals surface area contributed by atoms with E-state index in [0.29, 0.717) is 6.42 Å². The molecule has 1 amide bonds. The molecule has 0 aromatic heterocycles. The molecule has 0 aromatic rings. The van der Waals surface area contributed by atoms with E-state index in [9.17, 15) is 4.79 Å². The lowest BCUT2D eigenvalue weighted by Crippen LogP contribution is -2.41. The fourth-order valence-electron chi connectivity index (χ4n) is 1.04. The molecule has 5 heteroatoms. The zero-order chi connectivity index (χ0) is 15.9. The van der Waals surface area contributed by atoms with Crippen molar-refractivity contribution in [1.82, 2.24) is 0 Å². The summed E-state index contributed by atoms with van der Waals surface area (Å²) in [6, 6.07) is 0. The molecule has 1 heterocycles. The van der Waals surface area contributed by atoms with Crippen LogP contribution in [0, 0.1) is 0 Å². The Morgan fingerprint density at radius 1 is 1.15 bits per heavy atom. The molecule has 1 aliphatic heterocycles. The number of amides is 1. The van der Waals surface area contributed by atoms with Crippen molar-refractivity contribution < 1.29 is 14.1 Å². The molecule has 120 valence electrons. The van der Waals surface area contributed by atoms with Gasteiger partial charge in [0, 0.05) is 6.42 Å². The van der Waals surface area contributed by atoms with E-state index in [-0.39, 0.29) is 31.7 Å². The van der Waals surface area contributed by atoms with Gasteiger partial charge in [0.25, 0.3) is 0 Å². The molecule has 4 nitrogen and oxygen atoms in total. The third-order valence-corrected chi connectivity index (χ3v) is 3.00. The van der Waals surface area contributed by atoms with Crippen molar-refractivity contribution in [2.45, 2.75) is 80.4 Å². The first-order chi connectivity index (χ1) is 8.53. The van der Waals surface area contributed by atoms with E-state index < -0.39 is 0 Å². The van der Waals surface area contributed by atoms with Crippen LogP contribution in [0.3, 0.4) is 0 Å². The van der Waals surface area contributed by atoms with Crippen LogP contribution in [0.5, 0.6) is 0 Å². The average molecular weight is 287 g/mol. The fraction of sp³-hybridized carbons (Fsp3) is 0.800. The first-order valence-corrected chi connectivity index (χ1v) is 6.83. The number of allylic oxidation sites excluding steroid dienone is 1. The molecule has 0 aliphatic carbocycles. The van der Waals surface area contributed by atoms with Crippen molar-refractivity contribution >= 4 is 13.0 Å². The van der Waals surface area contributed by atoms with E-state index in [1.165, 1.54) is 0 Å². The monoisotopic (exact) mass is 287 g/mol. The zero-order valence-corrected chi connectivity index (χ0v) is 13.8. The van der Waals surface area contributed by atoms with E-state index in [1.54, 1.807) is 6.92 Å². The summed E-state index contributed by atoms with van der Waals surface area (Å²) in [5.41, 5.74) is 5.10. The van der Waals surface area contributed by atoms with Gasteiger partial charge in [-0.25, -0.2) is 0 Å². The van der Waals surface area contributed by atoms with Gasteiger partial charge in [-0.15, -0.1) is 6.58 Å². The molecule has 0 aromatic carbocycles. The van der Waals surface area contributed by atoms with Gasteiger partial charge in [0.15, 0.2) is 0 Å². The van der Waals surface area contributed by atoms with Crippen LogP contribution in [0.2, 0.25) is 0 Å². The van der Waals surface area contributed by atoms with Gasteiger partial charge >= 0.3 is 7.12 Å². The predicted octanol–water partition coefficient (Wildman–Crippen LogP) is 3.74. The Bertz CT molecular complexity index is 285. The lowest BCUT2D eigenvalue weighted by molar-refractivity contribution is -0.117. The molecule has 0 atom stereocenters. The van der Waals surface area contributed by atoms with Gasteiger partial charge in [0.05, 0.1) is 11.2 Å². The standard InChI is InChI=1S/C9H17BO2.C3H7NO.C2H6.CH4/c1-7(2)10-11-8(3,4)9(5,6)12-10;1-2-3(4)5;1-2;/h1H2,2-6H3;2H2,1H3,(H2,4,5);1-2H3;1H4. The minimum atomic E-state index is -0.245. The van der Waals surface area contributed by atoms with Gasteiger partial charge in [-0.05, 0) is 34.6 Å². The molecule has 20 heavy (non-hydrogen) atoms. The van der Waals surface area contributed by atoms with Crippen molar-refractivity contribution in [2.24, 2.45) is 5.73 Å². The highest BCUT2D eigenvalue weighted by Gasteiger charge is 2.51. The first kappa shape index (κ1) is 24.2. The summed E-state index contributed by atoms with van der Waals surface area (Å²) >= 11 is 0. The van der Waals surface area contributed by atoms with Gasteiger partial charge < -0.3 is 15.0 Å². The van der Waals surface area contributed by atoms with Gasteiger partial charge in [0.2, 0.25) is 5.91 Å². The number of carbonyl (C=O) groups is 1. The summed E-state index contributed by atoms with van der Waals surface area (Å²) in [4.78, 5) is 9.59. The first-order valence-electron chi connectivity index (χ1n) is 6.83. The second-order valence-electron chi connectivity index (χ2n) is 5.25. The van der Waals surface area contributed by atoms with Crippen LogP contribution >= 0.6 is 0 Å². The highest BCUT2D eigenvalue weighted by atomic mass is 16.7. The number of carbonyl (C=O) groups excluding carboxylic acids is 1. The van der Waals surface area contributed by atoms with Crippen molar-refractivity contribution in [1.29, 1.82) is 0 Å². The largest absolute Gasteiger partial charge is 0.489 e. The molecule has 0 saturated carbocycles. The Hall–Kier alpha value is -0.805. The number of rotatable bonds is 2. The molecule has 1 saturated heterocycles. The summed E-state index contributed by atoms with van der Waals surface area (Å²) in [7, 11) is -0.241. The number of primary amides is 1. The lowest BCUT2D eigenvalue weighted by atomic mass is 9.81. The molecule has 0 radical (unpaired) electrons. The van der Waals surface area contributed by atoms with Crippen LogP contribution in [-0.2, 0) is 14.1 Å². The molecule has 0 bridgehead atoms. The van der Waals surface area contributed by atoms with Gasteiger partial charge in [-0.2, -0.15) is 0 Å². The fourth-order valence-corrected chi connectivity index (χ4v) is 1.04. The maximum atomic E-state index is 9.59. The third-order valence-electron chi connectivity index (χ3n) is 3.00. The molecule has 0 unspecified atom stereocenters. The number of hydrogen-bond acceptors (Lipinski definition) is 3. The smallest absolute Gasteiger partial charge is 0.400 e. The van der Waals surface area contributed by atoms with Gasteiger partial charge in [-0.3, -0.25) is 4.79 Å². The van der Waals surface area contributed by atoms with Crippen molar-refractivity contribution in [3.63, 3.8) is 0 Å². The van der Waals surface area contributed by atoms with E-state index in [0.717, 1.165) is 5.47 Å². The summed E-state index contributed by atoms with van der Waals surface area (Å²) < 4.78 is 11.4. The molecule has 1 fully saturated rings. The van der Waals surface area contributed by atoms with E-state index >= 15 is 0 Å². The van der Waals surface area contributed by atoms with Crippen LogP contribution in [0.1, 0.15) is 69.2 Å². The molecule has 1 rings (SSSR count). The zero-order valence-electron chi connectivity index (χ0n) is 13.8. The molecular weight excluding hydrogens is 253 g/mol. The quantitative estimate of drug-likeness (QED) is 0.787. The number of hydrogen-bond donors (Lipinski definition) is 1. The molecule has 2 N–H and O–H groups in total. The van der Waals surface area contributed by atoms with Crippen molar-refractivity contribution in [3.05, 3.63) is 12.1 Å². The van der Waals surface area contributed by atoms with E-state index in [4.69, 9.17) is 9.31 Å². The average Bonchev–Trinajstić information content (AvgIpc) is 2.52. The topological polar surface area (TPSA) is 61.6 Å². The normalized spacial score (nSPS) is 17.7. The summed E-state index contributed by atoms with van der Waals surface area (Å²) in [6.07, 6.45) is 0.444. The summed E-state index contributed by atoms with van der Waals surface area (Å²) in [6.45, 7) is 19.6. The second kappa shape index (κ2) is 10.00. The summed E-state index contributed by atoms with van der Waals surface area (Å²) in [5.74, 6) is -0.245. The van der Waals surface area contributed by atoms with Crippen LogP contribution in [0.25, 0.3) is 0 Å². The predicted molar refractivity (Wildman–Crippen MR) is 88.5 cm³/mol. The Balaban J connectivity index is -0.000000310. The minimum absolute atomic E-state index is 0. The Kier molecular flexibility index (Phi) is 12.1. The number of nitrogens with two attached hydrogens (primary N) is 1. The maximum Gasteiger partial charge on any atom is 0.489 e. The van der Waals surface area contributed by atoms with Crippen LogP contribution in [0.4, 0.5) is 0 Å². The summed E-state index contributed by atoms with van der Waals surface area (Å²) in [5, 5.41) is 0. The van der Waals surface area contributed by atoms with Crippen LogP contribution < -0.4 is 5.73 Å². The lowest BCUT2D eigenvalue weighted by Gasteiger charge is -2.32. The maximum absolute atomic E-state index is 9.59. The molecular formula is C15H34BNO3. The highest BCUT2D eigenvalue weighted by Crippen LogP contribution is 2.37. The highest BCUT2D eigenvalue weighted by molar-refractivity contribution is 6.54. The third kappa shape index (κ3) is 7.70. The SMILES string of the molecule is C.C=C(C)B1OC(C)(C)C(C)(C)O1.CC.CCC(N)=O. The van der Waals surface area contributed by atoms with Crippen LogP contribution in [0.15, 0.2) is 12.1 Å². The Morgan fingerprint density at radius 2 is 1.40 bits per heavy atom. The van der Waals surface area contributed by atoms with E-state index in [1.807, 2.05) is 48.5 Å². The van der Waals surface area contributed by atoms with Crippen LogP contribution in [-0.4, -0.2) is 24.2 Å².